The smallest absolute Gasteiger partial charge is 0.374 e. The molecular formula is C8H10N2O3. The summed E-state index contributed by atoms with van der Waals surface area (Å²) < 4.78 is 5.94. The van der Waals surface area contributed by atoms with Crippen molar-refractivity contribution in [2.75, 3.05) is 7.11 Å². The van der Waals surface area contributed by atoms with Gasteiger partial charge >= 0.3 is 5.97 Å². The van der Waals surface area contributed by atoms with E-state index in [4.69, 9.17) is 0 Å². The van der Waals surface area contributed by atoms with Crippen LogP contribution in [0.25, 0.3) is 0 Å². The van der Waals surface area contributed by atoms with Crippen LogP contribution in [-0.2, 0) is 16.1 Å². The Kier molecular flexibility index (Phi) is 2.79. The van der Waals surface area contributed by atoms with Gasteiger partial charge in [-0.2, -0.15) is 0 Å². The summed E-state index contributed by atoms with van der Waals surface area (Å²) in [7, 11) is 1.27. The summed E-state index contributed by atoms with van der Waals surface area (Å²) in [5.41, 5.74) is 0. The number of carbonyl (C=O) groups is 2. The van der Waals surface area contributed by atoms with Crippen LogP contribution in [0, 0.1) is 0 Å². The Morgan fingerprint density at radius 1 is 1.62 bits per heavy atom. The van der Waals surface area contributed by atoms with Crippen molar-refractivity contribution in [2.45, 2.75) is 13.5 Å². The number of methoxy groups -OCH3 is 1. The zero-order valence-electron chi connectivity index (χ0n) is 7.48. The van der Waals surface area contributed by atoms with Crippen LogP contribution in [0.5, 0.6) is 0 Å². The molecule has 0 saturated carbocycles. The lowest BCUT2D eigenvalue weighted by Crippen LogP contribution is -2.14. The van der Waals surface area contributed by atoms with Crippen LogP contribution >= 0.6 is 0 Å². The van der Waals surface area contributed by atoms with E-state index in [1.165, 1.54) is 24.8 Å². The molecule has 5 nitrogen and oxygen atoms in total. The van der Waals surface area contributed by atoms with Crippen molar-refractivity contribution in [1.29, 1.82) is 0 Å². The fourth-order valence-electron chi connectivity index (χ4n) is 0.958. The first kappa shape index (κ1) is 9.44. The highest BCUT2D eigenvalue weighted by Crippen LogP contribution is 1.99. The molecule has 0 bridgehead atoms. The van der Waals surface area contributed by atoms with E-state index in [1.54, 1.807) is 6.20 Å². The summed E-state index contributed by atoms with van der Waals surface area (Å²) in [4.78, 5) is 25.6. The Morgan fingerprint density at radius 3 is 2.85 bits per heavy atom. The number of carbonyl (C=O) groups excluding carboxylic acids is 2. The SMILES string of the molecule is COC(=O)c1nccn1CC(C)=O. The Balaban J connectivity index is 2.89. The maximum absolute atomic E-state index is 11.1. The van der Waals surface area contributed by atoms with E-state index < -0.39 is 5.97 Å². The Morgan fingerprint density at radius 2 is 2.31 bits per heavy atom. The van der Waals surface area contributed by atoms with Crippen LogP contribution in [0.15, 0.2) is 12.4 Å². The van der Waals surface area contributed by atoms with Gasteiger partial charge in [0.15, 0.2) is 0 Å². The average Bonchev–Trinajstić information content (AvgIpc) is 2.50. The number of nitrogens with zero attached hydrogens (tertiary/aromatic N) is 2. The maximum atomic E-state index is 11.1. The number of aromatic nitrogens is 2. The lowest BCUT2D eigenvalue weighted by molar-refractivity contribution is -0.117. The van der Waals surface area contributed by atoms with E-state index >= 15 is 0 Å². The van der Waals surface area contributed by atoms with Gasteiger partial charge < -0.3 is 9.30 Å². The number of imidazole rings is 1. The third-order valence-electron chi connectivity index (χ3n) is 1.48. The van der Waals surface area contributed by atoms with E-state index in [0.29, 0.717) is 0 Å². The molecule has 0 saturated heterocycles. The molecule has 0 N–H and O–H groups in total. The van der Waals surface area contributed by atoms with Crippen LogP contribution < -0.4 is 0 Å². The lowest BCUT2D eigenvalue weighted by atomic mass is 10.4. The van der Waals surface area contributed by atoms with Crippen LogP contribution in [-0.4, -0.2) is 28.4 Å². The average molecular weight is 182 g/mol. The standard InChI is InChI=1S/C8H10N2O3/c1-6(11)5-10-4-3-9-7(10)8(12)13-2/h3-4H,5H2,1-2H3. The summed E-state index contributed by atoms with van der Waals surface area (Å²) in [5.74, 6) is -0.424. The lowest BCUT2D eigenvalue weighted by Gasteiger charge is -2.02. The highest BCUT2D eigenvalue weighted by Gasteiger charge is 2.13. The third-order valence-corrected chi connectivity index (χ3v) is 1.48. The normalized spacial score (nSPS) is 9.69. The van der Waals surface area contributed by atoms with Crippen molar-refractivity contribution in [3.63, 3.8) is 0 Å². The van der Waals surface area contributed by atoms with Gasteiger partial charge in [-0.3, -0.25) is 4.79 Å². The molecule has 13 heavy (non-hydrogen) atoms. The quantitative estimate of drug-likeness (QED) is 0.629. The molecule has 0 aliphatic rings. The summed E-state index contributed by atoms with van der Waals surface area (Å²) in [6.07, 6.45) is 3.02. The zero-order valence-corrected chi connectivity index (χ0v) is 7.48. The molecule has 0 aliphatic heterocycles. The molecule has 0 fully saturated rings. The van der Waals surface area contributed by atoms with Crippen LogP contribution in [0.1, 0.15) is 17.5 Å². The molecule has 0 spiro atoms. The highest BCUT2D eigenvalue weighted by molar-refractivity contribution is 5.86. The van der Waals surface area contributed by atoms with Gasteiger partial charge in [0, 0.05) is 12.4 Å². The van der Waals surface area contributed by atoms with Gasteiger partial charge in [-0.15, -0.1) is 0 Å². The summed E-state index contributed by atoms with van der Waals surface area (Å²) in [6.45, 7) is 1.59. The topological polar surface area (TPSA) is 61.2 Å². The van der Waals surface area contributed by atoms with E-state index in [1.807, 2.05) is 0 Å². The molecule has 1 aromatic rings. The van der Waals surface area contributed by atoms with E-state index in [-0.39, 0.29) is 18.2 Å². The number of hydrogen-bond donors (Lipinski definition) is 0. The first-order valence-electron chi connectivity index (χ1n) is 3.74. The second-order valence-corrected chi connectivity index (χ2v) is 2.57. The molecule has 5 heteroatoms. The van der Waals surface area contributed by atoms with E-state index in [2.05, 4.69) is 9.72 Å². The van der Waals surface area contributed by atoms with Crippen LogP contribution in [0.4, 0.5) is 0 Å². The Labute approximate surface area is 75.3 Å². The minimum atomic E-state index is -0.536. The van der Waals surface area contributed by atoms with Crippen LogP contribution in [0.2, 0.25) is 0 Å². The van der Waals surface area contributed by atoms with Gasteiger partial charge in [-0.1, -0.05) is 0 Å². The Hall–Kier alpha value is -1.65. The number of hydrogen-bond acceptors (Lipinski definition) is 4. The summed E-state index contributed by atoms with van der Waals surface area (Å²) in [5, 5.41) is 0. The van der Waals surface area contributed by atoms with Gasteiger partial charge in [-0.05, 0) is 6.92 Å². The minimum Gasteiger partial charge on any atom is -0.463 e. The number of ether oxygens (including phenoxy) is 1. The summed E-state index contributed by atoms with van der Waals surface area (Å²) >= 11 is 0. The van der Waals surface area contributed by atoms with E-state index in [0.717, 1.165) is 0 Å². The van der Waals surface area contributed by atoms with Crippen LogP contribution in [0.3, 0.4) is 0 Å². The van der Waals surface area contributed by atoms with Crippen molar-refractivity contribution in [1.82, 2.24) is 9.55 Å². The molecule has 0 unspecified atom stereocenters. The van der Waals surface area contributed by atoms with Gasteiger partial charge in [0.25, 0.3) is 0 Å². The minimum absolute atomic E-state index is 0.0387. The number of esters is 1. The summed E-state index contributed by atoms with van der Waals surface area (Å²) in [6, 6.07) is 0. The van der Waals surface area contributed by atoms with Gasteiger partial charge in [0.05, 0.1) is 13.7 Å². The second kappa shape index (κ2) is 3.84. The molecule has 0 atom stereocenters. The monoisotopic (exact) mass is 182 g/mol. The molecule has 0 aliphatic carbocycles. The highest BCUT2D eigenvalue weighted by atomic mass is 16.5. The van der Waals surface area contributed by atoms with Crippen molar-refractivity contribution in [2.24, 2.45) is 0 Å². The van der Waals surface area contributed by atoms with Gasteiger partial charge in [0.2, 0.25) is 5.82 Å². The van der Waals surface area contributed by atoms with Gasteiger partial charge in [-0.25, -0.2) is 9.78 Å². The van der Waals surface area contributed by atoms with Crippen molar-refractivity contribution in [3.8, 4) is 0 Å². The molecule has 70 valence electrons. The maximum Gasteiger partial charge on any atom is 0.374 e. The molecular weight excluding hydrogens is 172 g/mol. The van der Waals surface area contributed by atoms with Crippen molar-refractivity contribution < 1.29 is 14.3 Å². The second-order valence-electron chi connectivity index (χ2n) is 2.57. The molecule has 1 aromatic heterocycles. The number of Topliss-reactive ketones (excluding diaryl/α,β-unsaturated/α-hetero) is 1. The number of rotatable bonds is 3. The third kappa shape index (κ3) is 2.14. The zero-order chi connectivity index (χ0) is 9.84. The van der Waals surface area contributed by atoms with Gasteiger partial charge in [0.1, 0.15) is 5.78 Å². The molecule has 0 amide bonds. The number of ketones is 1. The largest absolute Gasteiger partial charge is 0.463 e. The van der Waals surface area contributed by atoms with Crippen molar-refractivity contribution in [3.05, 3.63) is 18.2 Å². The Bertz CT molecular complexity index is 330. The van der Waals surface area contributed by atoms with Crippen molar-refractivity contribution >= 4 is 11.8 Å². The molecule has 0 aromatic carbocycles. The molecule has 0 radical (unpaired) electrons. The molecule has 1 rings (SSSR count). The molecule has 1 heterocycles. The first-order valence-corrected chi connectivity index (χ1v) is 3.74. The predicted molar refractivity (Wildman–Crippen MR) is 44.2 cm³/mol. The fraction of sp³-hybridized carbons (Fsp3) is 0.375. The first-order chi connectivity index (χ1) is 6.15. The predicted octanol–water partition coefficient (Wildman–Crippen LogP) is 0.259. The van der Waals surface area contributed by atoms with E-state index in [9.17, 15) is 9.59 Å². The fourth-order valence-corrected chi connectivity index (χ4v) is 0.958.